The third-order valence-electron chi connectivity index (χ3n) is 7.49. The average molecular weight is 422 g/mol. The van der Waals surface area contributed by atoms with Gasteiger partial charge in [0, 0.05) is 20.1 Å². The van der Waals surface area contributed by atoms with Crippen molar-refractivity contribution < 1.29 is 0 Å². The molecule has 2 aromatic heterocycles. The third-order valence-corrected chi connectivity index (χ3v) is 7.49. The summed E-state index contributed by atoms with van der Waals surface area (Å²) in [6, 6.07) is 10.9. The summed E-state index contributed by atoms with van der Waals surface area (Å²) in [4.78, 5) is 34.9. The molecule has 7 nitrogen and oxygen atoms in total. The fourth-order valence-electron chi connectivity index (χ4n) is 5.83. The quantitative estimate of drug-likeness (QED) is 0.664. The number of hydrogen-bond acceptors (Lipinski definition) is 4. The molecule has 2 aliphatic rings. The number of nitrogens with zero attached hydrogens (tertiary/aromatic N) is 4. The number of fused-ring (bicyclic) bond motifs is 2. The summed E-state index contributed by atoms with van der Waals surface area (Å²) in [5, 5.41) is 0. The number of aromatic amines is 1. The number of aryl methyl sites for hydroxylation is 2. The lowest BCUT2D eigenvalue weighted by molar-refractivity contribution is -0.122. The average Bonchev–Trinajstić information content (AvgIpc) is 3.09. The summed E-state index contributed by atoms with van der Waals surface area (Å²) < 4.78 is 3.50. The van der Waals surface area contributed by atoms with Crippen LogP contribution in [-0.2, 0) is 25.7 Å². The molecule has 1 aliphatic carbocycles. The van der Waals surface area contributed by atoms with E-state index in [9.17, 15) is 9.59 Å². The van der Waals surface area contributed by atoms with Gasteiger partial charge in [0.05, 0.1) is 12.1 Å². The van der Waals surface area contributed by atoms with E-state index in [0.717, 1.165) is 31.6 Å². The molecule has 0 unspecified atom stereocenters. The maximum atomic E-state index is 12.6. The van der Waals surface area contributed by atoms with E-state index >= 15 is 0 Å². The summed E-state index contributed by atoms with van der Waals surface area (Å²) >= 11 is 0. The van der Waals surface area contributed by atoms with E-state index in [1.54, 1.807) is 4.57 Å². The van der Waals surface area contributed by atoms with Gasteiger partial charge in [0.15, 0.2) is 11.2 Å². The molecule has 0 amide bonds. The van der Waals surface area contributed by atoms with Gasteiger partial charge in [-0.2, -0.15) is 0 Å². The Morgan fingerprint density at radius 3 is 2.74 bits per heavy atom. The zero-order valence-electron chi connectivity index (χ0n) is 18.4. The van der Waals surface area contributed by atoms with Crippen molar-refractivity contribution in [2.45, 2.75) is 64.1 Å². The molecule has 2 fully saturated rings. The molecule has 1 saturated carbocycles. The largest absolute Gasteiger partial charge is 0.330 e. The standard InChI is InChI=1S/C24H31N5O2/c1-3-4-14-29-21-20(22(30)26-23(29)31)27(2)19(25-21)16-28-15-18-12-8-9-13-24(18,28)17-10-6-5-7-11-17/h5-7,10-11,18H,3-4,8-9,12-16H2,1-2H3,(H,26,30,31)/t18-,24+/m1/s1. The summed E-state index contributed by atoms with van der Waals surface area (Å²) in [6.07, 6.45) is 6.82. The van der Waals surface area contributed by atoms with E-state index in [4.69, 9.17) is 4.98 Å². The Morgan fingerprint density at radius 2 is 2.00 bits per heavy atom. The molecule has 3 aromatic rings. The fourth-order valence-corrected chi connectivity index (χ4v) is 5.83. The van der Waals surface area contributed by atoms with Crippen molar-refractivity contribution in [1.82, 2.24) is 24.0 Å². The number of benzene rings is 1. The summed E-state index contributed by atoms with van der Waals surface area (Å²) in [5.41, 5.74) is 1.72. The van der Waals surface area contributed by atoms with Gasteiger partial charge < -0.3 is 4.57 Å². The van der Waals surface area contributed by atoms with E-state index in [0.29, 0.717) is 30.2 Å². The van der Waals surface area contributed by atoms with Crippen molar-refractivity contribution in [2.24, 2.45) is 13.0 Å². The Morgan fingerprint density at radius 1 is 1.19 bits per heavy atom. The van der Waals surface area contributed by atoms with Gasteiger partial charge in [-0.3, -0.25) is 19.2 Å². The fraction of sp³-hybridized carbons (Fsp3) is 0.542. The smallest absolute Gasteiger partial charge is 0.324 e. The normalized spacial score (nSPS) is 23.6. The number of likely N-dealkylation sites (tertiary alicyclic amines) is 1. The minimum atomic E-state index is -0.368. The molecular weight excluding hydrogens is 390 g/mol. The minimum Gasteiger partial charge on any atom is -0.324 e. The van der Waals surface area contributed by atoms with E-state index < -0.39 is 0 Å². The number of aromatic nitrogens is 4. The second kappa shape index (κ2) is 7.79. The van der Waals surface area contributed by atoms with Crippen LogP contribution in [0.15, 0.2) is 39.9 Å². The summed E-state index contributed by atoms with van der Waals surface area (Å²) in [7, 11) is 1.89. The molecule has 0 bridgehead atoms. The first-order valence-corrected chi connectivity index (χ1v) is 11.5. The van der Waals surface area contributed by atoms with Crippen LogP contribution in [0.2, 0.25) is 0 Å². The van der Waals surface area contributed by atoms with Crippen LogP contribution in [0.5, 0.6) is 0 Å². The van der Waals surface area contributed by atoms with Gasteiger partial charge in [-0.05, 0) is 30.7 Å². The number of nitrogens with one attached hydrogen (secondary N) is 1. The molecule has 0 spiro atoms. The van der Waals surface area contributed by atoms with Gasteiger partial charge >= 0.3 is 5.69 Å². The van der Waals surface area contributed by atoms with Crippen LogP contribution in [0.3, 0.4) is 0 Å². The van der Waals surface area contributed by atoms with Crippen LogP contribution >= 0.6 is 0 Å². The van der Waals surface area contributed by atoms with Crippen LogP contribution < -0.4 is 11.2 Å². The lowest BCUT2D eigenvalue weighted by atomic mass is 9.62. The first kappa shape index (κ1) is 20.2. The number of hydrogen-bond donors (Lipinski definition) is 1. The van der Waals surface area contributed by atoms with E-state index in [1.807, 2.05) is 11.6 Å². The van der Waals surface area contributed by atoms with Crippen molar-refractivity contribution in [3.05, 3.63) is 62.6 Å². The highest BCUT2D eigenvalue weighted by atomic mass is 16.2. The Hall–Kier alpha value is -2.67. The van der Waals surface area contributed by atoms with Gasteiger partial charge in [0.1, 0.15) is 5.82 Å². The highest BCUT2D eigenvalue weighted by molar-refractivity contribution is 5.70. The highest BCUT2D eigenvalue weighted by Crippen LogP contribution is 2.54. The van der Waals surface area contributed by atoms with Crippen LogP contribution in [0.4, 0.5) is 0 Å². The monoisotopic (exact) mass is 421 g/mol. The van der Waals surface area contributed by atoms with E-state index in [-0.39, 0.29) is 16.8 Å². The molecule has 1 aliphatic heterocycles. The molecule has 1 saturated heterocycles. The lowest BCUT2D eigenvalue weighted by Crippen LogP contribution is -2.65. The Bertz CT molecular complexity index is 1210. The number of H-pyrrole nitrogens is 1. The zero-order chi connectivity index (χ0) is 21.6. The minimum absolute atomic E-state index is 0.0615. The third kappa shape index (κ3) is 3.09. The molecule has 2 atom stereocenters. The van der Waals surface area contributed by atoms with Gasteiger partial charge in [-0.1, -0.05) is 56.5 Å². The molecule has 3 heterocycles. The van der Waals surface area contributed by atoms with Crippen LogP contribution in [0.1, 0.15) is 56.8 Å². The lowest BCUT2D eigenvalue weighted by Gasteiger charge is -2.61. The number of rotatable bonds is 6. The number of unbranched alkanes of at least 4 members (excludes halogenated alkanes) is 1. The zero-order valence-corrected chi connectivity index (χ0v) is 18.4. The van der Waals surface area contributed by atoms with Crippen LogP contribution in [0, 0.1) is 5.92 Å². The van der Waals surface area contributed by atoms with Gasteiger partial charge in [0.25, 0.3) is 5.56 Å². The van der Waals surface area contributed by atoms with Crippen molar-refractivity contribution in [3.8, 4) is 0 Å². The van der Waals surface area contributed by atoms with E-state index in [1.165, 1.54) is 24.8 Å². The second-order valence-electron chi connectivity index (χ2n) is 9.14. The van der Waals surface area contributed by atoms with Crippen LogP contribution in [-0.4, -0.2) is 30.5 Å². The van der Waals surface area contributed by atoms with Crippen molar-refractivity contribution in [1.29, 1.82) is 0 Å². The van der Waals surface area contributed by atoms with Crippen LogP contribution in [0.25, 0.3) is 11.2 Å². The van der Waals surface area contributed by atoms with Crippen molar-refractivity contribution >= 4 is 11.2 Å². The highest BCUT2D eigenvalue weighted by Gasteiger charge is 2.54. The first-order chi connectivity index (χ1) is 15.1. The summed E-state index contributed by atoms with van der Waals surface area (Å²) in [6.45, 7) is 4.39. The SMILES string of the molecule is CCCCn1c(=O)[nH]c(=O)c2c1nc(CN1C[C@H]3CCCC[C@]31c1ccccc1)n2C. The Kier molecular flexibility index (Phi) is 5.08. The maximum absolute atomic E-state index is 12.6. The molecular formula is C24H31N5O2. The predicted molar refractivity (Wildman–Crippen MR) is 121 cm³/mol. The van der Waals surface area contributed by atoms with E-state index in [2.05, 4.69) is 47.1 Å². The topological polar surface area (TPSA) is 75.9 Å². The molecule has 164 valence electrons. The van der Waals surface area contributed by atoms with Crippen molar-refractivity contribution in [3.63, 3.8) is 0 Å². The predicted octanol–water partition coefficient (Wildman–Crippen LogP) is 3.12. The number of imidazole rings is 1. The molecule has 5 rings (SSSR count). The Labute approximate surface area is 181 Å². The van der Waals surface area contributed by atoms with Gasteiger partial charge in [-0.15, -0.1) is 0 Å². The van der Waals surface area contributed by atoms with Crippen molar-refractivity contribution in [2.75, 3.05) is 6.54 Å². The Balaban J connectivity index is 1.55. The molecule has 1 N–H and O–H groups in total. The molecule has 1 aromatic carbocycles. The maximum Gasteiger partial charge on any atom is 0.330 e. The molecule has 31 heavy (non-hydrogen) atoms. The molecule has 7 heteroatoms. The first-order valence-electron chi connectivity index (χ1n) is 11.5. The molecule has 0 radical (unpaired) electrons. The van der Waals surface area contributed by atoms with Gasteiger partial charge in [0.2, 0.25) is 0 Å². The second-order valence-corrected chi connectivity index (χ2v) is 9.14. The summed E-state index contributed by atoms with van der Waals surface area (Å²) in [5.74, 6) is 1.51. The van der Waals surface area contributed by atoms with Gasteiger partial charge in [-0.25, -0.2) is 9.78 Å².